The van der Waals surface area contributed by atoms with E-state index in [2.05, 4.69) is 10.3 Å². The van der Waals surface area contributed by atoms with Crippen molar-refractivity contribution >= 4 is 38.8 Å². The van der Waals surface area contributed by atoms with E-state index in [0.29, 0.717) is 5.39 Å². The summed E-state index contributed by atoms with van der Waals surface area (Å²) >= 11 is 3.09. The molecule has 30 heavy (non-hydrogen) atoms. The summed E-state index contributed by atoms with van der Waals surface area (Å²) in [4.78, 5) is 33.2. The number of carbonyl (C=O) groups excluding carboxylic acids is 1. The minimum Gasteiger partial charge on any atom is -0.343 e. The molecule has 1 atom stereocenters. The normalized spacial score (nSPS) is 14.0. The molecule has 4 aromatic rings. The number of nitrogens with zero attached hydrogens (tertiary/aromatic N) is 2. The van der Waals surface area contributed by atoms with Crippen molar-refractivity contribution in [1.82, 2.24) is 14.9 Å². The topological polar surface area (TPSA) is 64.0 Å². The van der Waals surface area contributed by atoms with Gasteiger partial charge in [0.15, 0.2) is 0 Å². The highest BCUT2D eigenvalue weighted by molar-refractivity contribution is 7.18. The Kier molecular flexibility index (Phi) is 4.96. The predicted molar refractivity (Wildman–Crippen MR) is 117 cm³/mol. The van der Waals surface area contributed by atoms with E-state index < -0.39 is 6.04 Å². The van der Waals surface area contributed by atoms with E-state index in [1.54, 1.807) is 23.5 Å². The van der Waals surface area contributed by atoms with Crippen LogP contribution in [0.25, 0.3) is 10.2 Å². The van der Waals surface area contributed by atoms with Gasteiger partial charge in [-0.2, -0.15) is 0 Å². The summed E-state index contributed by atoms with van der Waals surface area (Å²) in [6, 6.07) is 9.50. The van der Waals surface area contributed by atoms with Gasteiger partial charge in [-0.1, -0.05) is 18.2 Å². The van der Waals surface area contributed by atoms with Crippen molar-refractivity contribution < 1.29 is 9.18 Å². The molecule has 152 valence electrons. The number of halogens is 1. The number of benzene rings is 1. The first-order valence-corrected chi connectivity index (χ1v) is 11.4. The fourth-order valence-electron chi connectivity index (χ4n) is 3.92. The molecule has 0 saturated heterocycles. The number of hydrogen-bond acceptors (Lipinski definition) is 5. The van der Waals surface area contributed by atoms with E-state index >= 15 is 0 Å². The van der Waals surface area contributed by atoms with Crippen molar-refractivity contribution in [3.63, 3.8) is 0 Å². The molecule has 0 bridgehead atoms. The first kappa shape index (κ1) is 19.1. The van der Waals surface area contributed by atoms with Gasteiger partial charge in [0.1, 0.15) is 17.2 Å². The maximum Gasteiger partial charge on any atom is 0.262 e. The zero-order chi connectivity index (χ0) is 20.7. The van der Waals surface area contributed by atoms with Crippen LogP contribution in [0, 0.1) is 5.82 Å². The quantitative estimate of drug-likeness (QED) is 0.510. The van der Waals surface area contributed by atoms with E-state index in [0.717, 1.165) is 40.1 Å². The van der Waals surface area contributed by atoms with Gasteiger partial charge in [-0.05, 0) is 54.0 Å². The molecule has 1 aromatic carbocycles. The Morgan fingerprint density at radius 2 is 2.07 bits per heavy atom. The summed E-state index contributed by atoms with van der Waals surface area (Å²) in [5.74, 6) is -0.628. The van der Waals surface area contributed by atoms with Crippen molar-refractivity contribution in [2.75, 3.05) is 0 Å². The van der Waals surface area contributed by atoms with E-state index in [1.807, 2.05) is 17.5 Å². The number of rotatable bonds is 5. The van der Waals surface area contributed by atoms with Gasteiger partial charge < -0.3 is 5.32 Å². The molecule has 0 spiro atoms. The second-order valence-corrected chi connectivity index (χ2v) is 9.35. The van der Waals surface area contributed by atoms with Crippen molar-refractivity contribution in [2.45, 2.75) is 31.8 Å². The Bertz CT molecular complexity index is 1280. The van der Waals surface area contributed by atoms with Gasteiger partial charge in [0.05, 0.1) is 17.8 Å². The van der Waals surface area contributed by atoms with Crippen LogP contribution in [0.2, 0.25) is 0 Å². The summed E-state index contributed by atoms with van der Waals surface area (Å²) in [5, 5.41) is 5.58. The molecule has 3 heterocycles. The number of thiophene rings is 2. The second kappa shape index (κ2) is 7.77. The van der Waals surface area contributed by atoms with Crippen molar-refractivity contribution in [2.24, 2.45) is 0 Å². The molecule has 5 nitrogen and oxygen atoms in total. The SMILES string of the molecule is O=C(Cn1cnc2sc3c(c2c1=O)CCC3)NC(c1ccc(F)cc1)c1cccs1. The summed E-state index contributed by atoms with van der Waals surface area (Å²) in [6.07, 6.45) is 4.41. The lowest BCUT2D eigenvalue weighted by atomic mass is 10.1. The smallest absolute Gasteiger partial charge is 0.262 e. The van der Waals surface area contributed by atoms with Crippen LogP contribution in [0.3, 0.4) is 0 Å². The van der Waals surface area contributed by atoms with Gasteiger partial charge in [-0.15, -0.1) is 22.7 Å². The first-order valence-electron chi connectivity index (χ1n) is 9.68. The Balaban J connectivity index is 1.42. The molecule has 0 aliphatic heterocycles. The maximum absolute atomic E-state index is 13.4. The Morgan fingerprint density at radius 3 is 2.83 bits per heavy atom. The van der Waals surface area contributed by atoms with E-state index in [9.17, 15) is 14.0 Å². The third-order valence-electron chi connectivity index (χ3n) is 5.34. The maximum atomic E-state index is 13.4. The van der Waals surface area contributed by atoms with Gasteiger partial charge in [0.2, 0.25) is 5.91 Å². The number of carbonyl (C=O) groups is 1. The Labute approximate surface area is 179 Å². The molecule has 1 aliphatic rings. The van der Waals surface area contributed by atoms with Crippen LogP contribution in [-0.4, -0.2) is 15.5 Å². The lowest BCUT2D eigenvalue weighted by molar-refractivity contribution is -0.122. The average molecular weight is 440 g/mol. The number of nitrogens with one attached hydrogen (secondary N) is 1. The van der Waals surface area contributed by atoms with Crippen molar-refractivity contribution in [3.8, 4) is 0 Å². The van der Waals surface area contributed by atoms with Crippen LogP contribution < -0.4 is 10.9 Å². The average Bonchev–Trinajstić information content (AvgIpc) is 3.46. The van der Waals surface area contributed by atoms with Crippen molar-refractivity contribution in [1.29, 1.82) is 0 Å². The molecule has 1 amide bonds. The molecular formula is C22H18FN3O2S2. The zero-order valence-corrected chi connectivity index (χ0v) is 17.6. The minimum atomic E-state index is -0.407. The molecule has 1 N–H and O–H groups in total. The molecule has 1 unspecified atom stereocenters. The van der Waals surface area contributed by atoms with Crippen LogP contribution >= 0.6 is 22.7 Å². The predicted octanol–water partition coefficient (Wildman–Crippen LogP) is 4.05. The Morgan fingerprint density at radius 1 is 1.23 bits per heavy atom. The fourth-order valence-corrected chi connectivity index (χ4v) is 5.95. The number of aromatic nitrogens is 2. The van der Waals surface area contributed by atoms with Gasteiger partial charge in [0.25, 0.3) is 5.56 Å². The van der Waals surface area contributed by atoms with E-state index in [1.165, 1.54) is 39.2 Å². The number of amides is 1. The molecule has 0 radical (unpaired) electrons. The molecule has 8 heteroatoms. The molecular weight excluding hydrogens is 421 g/mol. The standard InChI is InChI=1S/C22H18FN3O2S2/c23-14-8-6-13(7-9-14)20(17-5-2-10-29-17)25-18(27)11-26-12-24-21-19(22(26)28)15-3-1-4-16(15)30-21/h2,5-10,12,20H,1,3-4,11H2,(H,25,27). The lowest BCUT2D eigenvalue weighted by Gasteiger charge is -2.18. The highest BCUT2D eigenvalue weighted by atomic mass is 32.1. The Hall–Kier alpha value is -2.84. The van der Waals surface area contributed by atoms with Gasteiger partial charge in [-0.25, -0.2) is 9.37 Å². The fraction of sp³-hybridized carbons (Fsp3) is 0.227. The van der Waals surface area contributed by atoms with Crippen molar-refractivity contribution in [3.05, 3.63) is 85.2 Å². The number of hydrogen-bond donors (Lipinski definition) is 1. The minimum absolute atomic E-state index is 0.116. The summed E-state index contributed by atoms with van der Waals surface area (Å²) < 4.78 is 14.7. The monoisotopic (exact) mass is 439 g/mol. The van der Waals surface area contributed by atoms with E-state index in [-0.39, 0.29) is 23.8 Å². The van der Waals surface area contributed by atoms with Crippen LogP contribution in [0.15, 0.2) is 52.9 Å². The van der Waals surface area contributed by atoms with E-state index in [4.69, 9.17) is 0 Å². The third kappa shape index (κ3) is 3.46. The number of aryl methyl sites for hydroxylation is 2. The summed E-state index contributed by atoms with van der Waals surface area (Å²) in [6.45, 7) is -0.116. The summed E-state index contributed by atoms with van der Waals surface area (Å²) in [7, 11) is 0. The summed E-state index contributed by atoms with van der Waals surface area (Å²) in [5.41, 5.74) is 1.72. The third-order valence-corrected chi connectivity index (χ3v) is 7.48. The van der Waals surface area contributed by atoms with Gasteiger partial charge in [0, 0.05) is 9.75 Å². The largest absolute Gasteiger partial charge is 0.343 e. The van der Waals surface area contributed by atoms with Crippen LogP contribution in [0.5, 0.6) is 0 Å². The highest BCUT2D eigenvalue weighted by Gasteiger charge is 2.23. The highest BCUT2D eigenvalue weighted by Crippen LogP contribution is 2.34. The second-order valence-electron chi connectivity index (χ2n) is 7.28. The van der Waals surface area contributed by atoms with Crippen LogP contribution in [0.4, 0.5) is 4.39 Å². The molecule has 3 aromatic heterocycles. The lowest BCUT2D eigenvalue weighted by Crippen LogP contribution is -2.35. The molecule has 5 rings (SSSR count). The molecule has 1 aliphatic carbocycles. The first-order chi connectivity index (χ1) is 14.6. The van der Waals surface area contributed by atoms with Crippen LogP contribution in [0.1, 0.15) is 33.3 Å². The molecule has 0 saturated carbocycles. The molecule has 0 fully saturated rings. The van der Waals surface area contributed by atoms with Gasteiger partial charge in [-0.3, -0.25) is 14.2 Å². The van der Waals surface area contributed by atoms with Gasteiger partial charge >= 0.3 is 0 Å². The zero-order valence-electron chi connectivity index (χ0n) is 15.9. The van der Waals surface area contributed by atoms with Crippen LogP contribution in [-0.2, 0) is 24.2 Å². The number of fused-ring (bicyclic) bond motifs is 3.